The highest BCUT2D eigenvalue weighted by molar-refractivity contribution is 5.88. The maximum Gasteiger partial charge on any atom is 0.335 e. The molecular weight excluding hydrogens is 216 g/mol. The van der Waals surface area contributed by atoms with Crippen LogP contribution in [0.15, 0.2) is 18.2 Å². The number of hydrogen-bond donors (Lipinski definition) is 3. The lowest BCUT2D eigenvalue weighted by molar-refractivity contribution is 0.0697. The van der Waals surface area contributed by atoms with Crippen molar-refractivity contribution in [3.05, 3.63) is 29.3 Å². The number of nitrogens with two attached hydrogens (primary N) is 1. The number of aromatic carboxylic acids is 1. The maximum absolute atomic E-state index is 10.8. The normalized spacial score (nSPS) is 10.8. The molecule has 0 unspecified atom stereocenters. The smallest absolute Gasteiger partial charge is 0.335 e. The van der Waals surface area contributed by atoms with Gasteiger partial charge in [0.05, 0.1) is 5.56 Å². The van der Waals surface area contributed by atoms with Gasteiger partial charge in [-0.1, -0.05) is 19.9 Å². The third kappa shape index (κ3) is 3.75. The summed E-state index contributed by atoms with van der Waals surface area (Å²) in [5.74, 6) is -0.948. The summed E-state index contributed by atoms with van der Waals surface area (Å²) in [4.78, 5) is 10.8. The van der Waals surface area contributed by atoms with Crippen molar-refractivity contribution < 1.29 is 9.90 Å². The fraction of sp³-hybridized carbons (Fsp3) is 0.462. The van der Waals surface area contributed by atoms with Crippen molar-refractivity contribution in [1.29, 1.82) is 0 Å². The summed E-state index contributed by atoms with van der Waals surface area (Å²) >= 11 is 0. The number of nitrogens with one attached hydrogen (secondary N) is 1. The van der Waals surface area contributed by atoms with Crippen molar-refractivity contribution in [2.24, 2.45) is 0 Å². The molecule has 0 spiro atoms. The van der Waals surface area contributed by atoms with E-state index in [1.807, 2.05) is 0 Å². The number of nitrogen functional groups attached to an aromatic ring is 1. The molecule has 0 bridgehead atoms. The van der Waals surface area contributed by atoms with Crippen molar-refractivity contribution in [2.75, 3.05) is 5.73 Å². The standard InChI is InChI=1S/C13H20N2O2/c1-3-11(4-2)15-8-10-6-5-9(13(16)17)7-12(10)14/h5-7,11,15H,3-4,8,14H2,1-2H3,(H,16,17). The van der Waals surface area contributed by atoms with Gasteiger partial charge in [-0.25, -0.2) is 4.79 Å². The summed E-state index contributed by atoms with van der Waals surface area (Å²) in [6.07, 6.45) is 2.15. The van der Waals surface area contributed by atoms with Gasteiger partial charge < -0.3 is 16.2 Å². The monoisotopic (exact) mass is 236 g/mol. The predicted molar refractivity (Wildman–Crippen MR) is 69.0 cm³/mol. The number of hydrogen-bond acceptors (Lipinski definition) is 3. The van der Waals surface area contributed by atoms with E-state index >= 15 is 0 Å². The molecule has 17 heavy (non-hydrogen) atoms. The van der Waals surface area contributed by atoms with E-state index in [1.54, 1.807) is 12.1 Å². The number of rotatable bonds is 6. The van der Waals surface area contributed by atoms with Gasteiger partial charge in [-0.05, 0) is 30.5 Å². The fourth-order valence-corrected chi connectivity index (χ4v) is 1.72. The fourth-order valence-electron chi connectivity index (χ4n) is 1.72. The average Bonchev–Trinajstić information content (AvgIpc) is 2.31. The summed E-state index contributed by atoms with van der Waals surface area (Å²) in [6.45, 7) is 4.95. The Kier molecular flexibility index (Phi) is 4.97. The van der Waals surface area contributed by atoms with Crippen LogP contribution in [0, 0.1) is 0 Å². The quantitative estimate of drug-likeness (QED) is 0.662. The molecule has 0 radical (unpaired) electrons. The highest BCUT2D eigenvalue weighted by Crippen LogP contribution is 2.14. The Morgan fingerprint density at radius 2 is 2.06 bits per heavy atom. The van der Waals surface area contributed by atoms with Gasteiger partial charge in [0.25, 0.3) is 0 Å². The first kappa shape index (κ1) is 13.5. The Labute approximate surface area is 102 Å². The van der Waals surface area contributed by atoms with E-state index in [0.717, 1.165) is 18.4 Å². The average molecular weight is 236 g/mol. The van der Waals surface area contributed by atoms with Crippen molar-refractivity contribution in [3.8, 4) is 0 Å². The van der Waals surface area contributed by atoms with Crippen LogP contribution in [0.2, 0.25) is 0 Å². The number of anilines is 1. The van der Waals surface area contributed by atoms with E-state index in [4.69, 9.17) is 10.8 Å². The molecule has 0 fully saturated rings. The molecule has 94 valence electrons. The minimum atomic E-state index is -0.948. The first-order valence-corrected chi connectivity index (χ1v) is 5.93. The van der Waals surface area contributed by atoms with E-state index in [9.17, 15) is 4.79 Å². The van der Waals surface area contributed by atoms with E-state index in [2.05, 4.69) is 19.2 Å². The van der Waals surface area contributed by atoms with E-state index in [0.29, 0.717) is 18.3 Å². The van der Waals surface area contributed by atoms with Crippen LogP contribution >= 0.6 is 0 Å². The summed E-state index contributed by atoms with van der Waals surface area (Å²) in [6, 6.07) is 5.34. The van der Waals surface area contributed by atoms with Crippen molar-refractivity contribution in [2.45, 2.75) is 39.3 Å². The first-order chi connectivity index (χ1) is 8.08. The molecule has 0 aliphatic carbocycles. The largest absolute Gasteiger partial charge is 0.478 e. The molecule has 4 N–H and O–H groups in total. The second-order valence-electron chi connectivity index (χ2n) is 4.11. The van der Waals surface area contributed by atoms with Crippen LogP contribution in [0.3, 0.4) is 0 Å². The molecular formula is C13H20N2O2. The molecule has 4 heteroatoms. The van der Waals surface area contributed by atoms with Gasteiger partial charge >= 0.3 is 5.97 Å². The van der Waals surface area contributed by atoms with E-state index in [-0.39, 0.29) is 5.56 Å². The second-order valence-corrected chi connectivity index (χ2v) is 4.11. The van der Waals surface area contributed by atoms with Gasteiger partial charge in [-0.15, -0.1) is 0 Å². The van der Waals surface area contributed by atoms with Crippen LogP contribution in [-0.4, -0.2) is 17.1 Å². The van der Waals surface area contributed by atoms with Crippen LogP contribution in [0.1, 0.15) is 42.6 Å². The Balaban J connectivity index is 2.69. The third-order valence-corrected chi connectivity index (χ3v) is 2.96. The number of carboxylic acids is 1. The van der Waals surface area contributed by atoms with E-state index < -0.39 is 5.97 Å². The summed E-state index contributed by atoms with van der Waals surface area (Å²) < 4.78 is 0. The van der Waals surface area contributed by atoms with Crippen LogP contribution < -0.4 is 11.1 Å². The first-order valence-electron chi connectivity index (χ1n) is 5.93. The van der Waals surface area contributed by atoms with Crippen LogP contribution in [0.25, 0.3) is 0 Å². The number of benzene rings is 1. The van der Waals surface area contributed by atoms with Gasteiger partial charge in [0, 0.05) is 18.3 Å². The lowest BCUT2D eigenvalue weighted by atomic mass is 10.1. The van der Waals surface area contributed by atoms with Crippen LogP contribution in [0.5, 0.6) is 0 Å². The molecule has 0 saturated carbocycles. The Bertz CT molecular complexity index is 387. The number of carboxylic acid groups (broad SMARTS) is 1. The third-order valence-electron chi connectivity index (χ3n) is 2.96. The molecule has 0 heterocycles. The molecule has 4 nitrogen and oxygen atoms in total. The van der Waals surface area contributed by atoms with Crippen molar-refractivity contribution in [1.82, 2.24) is 5.32 Å². The zero-order valence-corrected chi connectivity index (χ0v) is 10.4. The highest BCUT2D eigenvalue weighted by Gasteiger charge is 2.07. The molecule has 1 rings (SSSR count). The van der Waals surface area contributed by atoms with Gasteiger partial charge in [0.15, 0.2) is 0 Å². The predicted octanol–water partition coefficient (Wildman–Crippen LogP) is 2.25. The molecule has 1 aromatic rings. The maximum atomic E-state index is 10.8. The minimum absolute atomic E-state index is 0.230. The summed E-state index contributed by atoms with van der Waals surface area (Å²) in [5.41, 5.74) is 7.53. The Hall–Kier alpha value is -1.55. The Morgan fingerprint density at radius 1 is 1.41 bits per heavy atom. The molecule has 0 aromatic heterocycles. The molecule has 0 atom stereocenters. The lowest BCUT2D eigenvalue weighted by Gasteiger charge is -2.15. The lowest BCUT2D eigenvalue weighted by Crippen LogP contribution is -2.27. The highest BCUT2D eigenvalue weighted by atomic mass is 16.4. The molecule has 0 aliphatic rings. The van der Waals surface area contributed by atoms with Gasteiger partial charge in [0.2, 0.25) is 0 Å². The summed E-state index contributed by atoms with van der Waals surface area (Å²) in [7, 11) is 0. The zero-order chi connectivity index (χ0) is 12.8. The van der Waals surface area contributed by atoms with Crippen molar-refractivity contribution >= 4 is 11.7 Å². The molecule has 0 aliphatic heterocycles. The Morgan fingerprint density at radius 3 is 2.53 bits per heavy atom. The van der Waals surface area contributed by atoms with E-state index in [1.165, 1.54) is 6.07 Å². The van der Waals surface area contributed by atoms with Gasteiger partial charge in [0.1, 0.15) is 0 Å². The minimum Gasteiger partial charge on any atom is -0.478 e. The van der Waals surface area contributed by atoms with Gasteiger partial charge in [-0.2, -0.15) is 0 Å². The second kappa shape index (κ2) is 6.25. The van der Waals surface area contributed by atoms with Gasteiger partial charge in [-0.3, -0.25) is 0 Å². The van der Waals surface area contributed by atoms with Crippen LogP contribution in [-0.2, 0) is 6.54 Å². The SMILES string of the molecule is CCC(CC)NCc1ccc(C(=O)O)cc1N. The van der Waals surface area contributed by atoms with Crippen LogP contribution in [0.4, 0.5) is 5.69 Å². The topological polar surface area (TPSA) is 75.3 Å². The number of carbonyl (C=O) groups is 1. The summed E-state index contributed by atoms with van der Waals surface area (Å²) in [5, 5.41) is 12.2. The molecule has 0 amide bonds. The molecule has 0 saturated heterocycles. The molecule has 1 aromatic carbocycles. The van der Waals surface area contributed by atoms with Crippen molar-refractivity contribution in [3.63, 3.8) is 0 Å². The zero-order valence-electron chi connectivity index (χ0n) is 10.4.